The summed E-state index contributed by atoms with van der Waals surface area (Å²) in [5.74, 6) is -0.601. The lowest BCUT2D eigenvalue weighted by atomic mass is 10.2. The molecular formula is C16H16N4O4. The summed E-state index contributed by atoms with van der Waals surface area (Å²) in [6.07, 6.45) is 1.15. The molecule has 8 nitrogen and oxygen atoms in total. The quantitative estimate of drug-likeness (QED) is 0.496. The normalized spacial score (nSPS) is 10.6. The number of nitro groups is 1. The zero-order chi connectivity index (χ0) is 17.7. The average Bonchev–Trinajstić information content (AvgIpc) is 2.56. The highest BCUT2D eigenvalue weighted by Crippen LogP contribution is 2.21. The van der Waals surface area contributed by atoms with E-state index in [2.05, 4.69) is 10.5 Å². The molecule has 0 fully saturated rings. The van der Waals surface area contributed by atoms with Crippen LogP contribution in [0.25, 0.3) is 0 Å². The fourth-order valence-electron chi connectivity index (χ4n) is 1.89. The minimum absolute atomic E-state index is 0.132. The van der Waals surface area contributed by atoms with Gasteiger partial charge in [0.2, 0.25) is 0 Å². The third-order valence-electron chi connectivity index (χ3n) is 3.24. The molecule has 0 aliphatic carbocycles. The molecule has 0 radical (unpaired) electrons. The minimum atomic E-state index is -0.582. The van der Waals surface area contributed by atoms with Crippen LogP contribution in [0.5, 0.6) is 5.75 Å². The first-order valence-electron chi connectivity index (χ1n) is 6.96. The van der Waals surface area contributed by atoms with E-state index < -0.39 is 10.8 Å². The zero-order valence-corrected chi connectivity index (χ0v) is 13.1. The van der Waals surface area contributed by atoms with E-state index in [9.17, 15) is 20.0 Å². The number of anilines is 1. The number of amides is 1. The fraction of sp³-hybridized carbons (Fsp3) is 0.125. The molecule has 0 unspecified atom stereocenters. The van der Waals surface area contributed by atoms with Crippen molar-refractivity contribution in [3.8, 4) is 5.75 Å². The third kappa shape index (κ3) is 4.07. The van der Waals surface area contributed by atoms with Crippen LogP contribution < -0.4 is 10.3 Å². The highest BCUT2D eigenvalue weighted by molar-refractivity contribution is 5.95. The van der Waals surface area contributed by atoms with Crippen molar-refractivity contribution < 1.29 is 14.8 Å². The molecule has 0 aliphatic rings. The molecule has 2 aromatic carbocycles. The molecule has 0 atom stereocenters. The smallest absolute Gasteiger partial charge is 0.271 e. The maximum atomic E-state index is 12.0. The number of hydrogen-bond donors (Lipinski definition) is 2. The Morgan fingerprint density at radius 1 is 1.25 bits per heavy atom. The number of carbonyl (C=O) groups is 1. The number of hydrogen-bond acceptors (Lipinski definition) is 6. The Balaban J connectivity index is 2.07. The van der Waals surface area contributed by atoms with Crippen molar-refractivity contribution in [1.82, 2.24) is 5.43 Å². The summed E-state index contributed by atoms with van der Waals surface area (Å²) in [5, 5.41) is 24.1. The average molecular weight is 328 g/mol. The molecule has 0 aliphatic heterocycles. The van der Waals surface area contributed by atoms with Crippen LogP contribution in [-0.2, 0) is 0 Å². The van der Waals surface area contributed by atoms with Gasteiger partial charge < -0.3 is 10.0 Å². The molecule has 0 spiro atoms. The number of nitrogens with zero attached hydrogens (tertiary/aromatic N) is 3. The first kappa shape index (κ1) is 16.9. The largest absolute Gasteiger partial charge is 0.507 e. The summed E-state index contributed by atoms with van der Waals surface area (Å²) in [5.41, 5.74) is 3.63. The molecular weight excluding hydrogens is 312 g/mol. The van der Waals surface area contributed by atoms with E-state index in [1.54, 1.807) is 24.3 Å². The Labute approximate surface area is 138 Å². The highest BCUT2D eigenvalue weighted by Gasteiger charge is 2.09. The third-order valence-corrected chi connectivity index (χ3v) is 3.24. The molecule has 2 aromatic rings. The monoisotopic (exact) mass is 328 g/mol. The van der Waals surface area contributed by atoms with Crippen molar-refractivity contribution in [2.24, 2.45) is 5.10 Å². The SMILES string of the molecule is CN(C)c1ccc(C(=O)N/N=C\c2cc([N+](=O)[O-])ccc2O)cc1. The molecule has 2 rings (SSSR count). The molecule has 24 heavy (non-hydrogen) atoms. The first-order chi connectivity index (χ1) is 11.4. The number of aromatic hydroxyl groups is 1. The summed E-state index contributed by atoms with van der Waals surface area (Å²) in [6.45, 7) is 0. The van der Waals surface area contributed by atoms with Crippen molar-refractivity contribution >= 4 is 23.5 Å². The van der Waals surface area contributed by atoms with Gasteiger partial charge in [0, 0.05) is 43.0 Å². The lowest BCUT2D eigenvalue weighted by Crippen LogP contribution is -2.18. The maximum Gasteiger partial charge on any atom is 0.271 e. The first-order valence-corrected chi connectivity index (χ1v) is 6.96. The van der Waals surface area contributed by atoms with Gasteiger partial charge in [-0.25, -0.2) is 5.43 Å². The van der Waals surface area contributed by atoms with Gasteiger partial charge in [-0.1, -0.05) is 0 Å². The Hall–Kier alpha value is -3.42. The number of benzene rings is 2. The van der Waals surface area contributed by atoms with Crippen molar-refractivity contribution in [2.45, 2.75) is 0 Å². The van der Waals surface area contributed by atoms with Crippen molar-refractivity contribution in [3.05, 3.63) is 63.7 Å². The molecule has 2 N–H and O–H groups in total. The van der Waals surface area contributed by atoms with Crippen LogP contribution >= 0.6 is 0 Å². The number of non-ortho nitro benzene ring substituents is 1. The van der Waals surface area contributed by atoms with Gasteiger partial charge in [-0.3, -0.25) is 14.9 Å². The topological polar surface area (TPSA) is 108 Å². The van der Waals surface area contributed by atoms with E-state index in [1.807, 2.05) is 19.0 Å². The number of phenols is 1. The summed E-state index contributed by atoms with van der Waals surface area (Å²) in [4.78, 5) is 24.0. The van der Waals surface area contributed by atoms with Gasteiger partial charge in [-0.2, -0.15) is 5.10 Å². The lowest BCUT2D eigenvalue weighted by Gasteiger charge is -2.12. The number of phenolic OH excluding ortho intramolecular Hbond substituents is 1. The summed E-state index contributed by atoms with van der Waals surface area (Å²) in [7, 11) is 3.79. The maximum absolute atomic E-state index is 12.0. The number of nitrogens with one attached hydrogen (secondary N) is 1. The standard InChI is InChI=1S/C16H16N4O4/c1-19(2)13-5-3-11(4-6-13)16(22)18-17-10-12-9-14(20(23)24)7-8-15(12)21/h3-10,21H,1-2H3,(H,18,22)/b17-10-. The minimum Gasteiger partial charge on any atom is -0.507 e. The fourth-order valence-corrected chi connectivity index (χ4v) is 1.89. The zero-order valence-electron chi connectivity index (χ0n) is 13.1. The van der Waals surface area contributed by atoms with Crippen LogP contribution in [-0.4, -0.2) is 36.2 Å². The van der Waals surface area contributed by atoms with Gasteiger partial charge >= 0.3 is 0 Å². The molecule has 0 aromatic heterocycles. The van der Waals surface area contributed by atoms with Gasteiger partial charge in [0.25, 0.3) is 11.6 Å². The highest BCUT2D eigenvalue weighted by atomic mass is 16.6. The Morgan fingerprint density at radius 3 is 2.50 bits per heavy atom. The summed E-state index contributed by atoms with van der Waals surface area (Å²) in [6, 6.07) is 10.4. The van der Waals surface area contributed by atoms with Gasteiger partial charge in [-0.05, 0) is 30.3 Å². The Bertz CT molecular complexity index is 785. The van der Waals surface area contributed by atoms with Crippen LogP contribution in [0.4, 0.5) is 11.4 Å². The molecule has 8 heteroatoms. The van der Waals surface area contributed by atoms with Crippen molar-refractivity contribution in [1.29, 1.82) is 0 Å². The van der Waals surface area contributed by atoms with E-state index in [4.69, 9.17) is 0 Å². The summed E-state index contributed by atoms with van der Waals surface area (Å²) >= 11 is 0. The predicted octanol–water partition coefficient (Wildman–Crippen LogP) is 2.13. The second-order valence-electron chi connectivity index (χ2n) is 5.14. The molecule has 0 saturated carbocycles. The van der Waals surface area contributed by atoms with Crippen LogP contribution in [0.1, 0.15) is 15.9 Å². The van der Waals surface area contributed by atoms with E-state index in [0.29, 0.717) is 5.56 Å². The van der Waals surface area contributed by atoms with Crippen LogP contribution in [0, 0.1) is 10.1 Å². The van der Waals surface area contributed by atoms with E-state index in [-0.39, 0.29) is 17.0 Å². The van der Waals surface area contributed by atoms with Gasteiger partial charge in [-0.15, -0.1) is 0 Å². The number of nitro benzene ring substituents is 1. The van der Waals surface area contributed by atoms with Gasteiger partial charge in [0.1, 0.15) is 5.75 Å². The molecule has 0 saturated heterocycles. The predicted molar refractivity (Wildman–Crippen MR) is 90.6 cm³/mol. The summed E-state index contributed by atoms with van der Waals surface area (Å²) < 4.78 is 0. The molecule has 0 heterocycles. The van der Waals surface area contributed by atoms with E-state index in [1.165, 1.54) is 12.1 Å². The van der Waals surface area contributed by atoms with Crippen LogP contribution in [0.15, 0.2) is 47.6 Å². The van der Waals surface area contributed by atoms with Crippen LogP contribution in [0.2, 0.25) is 0 Å². The van der Waals surface area contributed by atoms with Crippen molar-refractivity contribution in [2.75, 3.05) is 19.0 Å². The Morgan fingerprint density at radius 2 is 1.92 bits per heavy atom. The number of carbonyl (C=O) groups excluding carboxylic acids is 1. The Kier molecular flexibility index (Phi) is 5.10. The molecule has 0 bridgehead atoms. The number of rotatable bonds is 5. The van der Waals surface area contributed by atoms with Gasteiger partial charge in [0.15, 0.2) is 0 Å². The van der Waals surface area contributed by atoms with Gasteiger partial charge in [0.05, 0.1) is 11.1 Å². The van der Waals surface area contributed by atoms with Crippen LogP contribution in [0.3, 0.4) is 0 Å². The van der Waals surface area contributed by atoms with Crippen molar-refractivity contribution in [3.63, 3.8) is 0 Å². The van der Waals surface area contributed by atoms with E-state index in [0.717, 1.165) is 18.0 Å². The number of hydrazone groups is 1. The lowest BCUT2D eigenvalue weighted by molar-refractivity contribution is -0.384. The van der Waals surface area contributed by atoms with E-state index >= 15 is 0 Å². The second-order valence-corrected chi connectivity index (χ2v) is 5.14. The molecule has 124 valence electrons. The molecule has 1 amide bonds. The second kappa shape index (κ2) is 7.23.